The Labute approximate surface area is 131 Å². The molecular formula is C14H9Cl3N2O. The molecule has 0 aromatic heterocycles. The zero-order valence-electron chi connectivity index (χ0n) is 10.1. The van der Waals surface area contributed by atoms with Gasteiger partial charge in [-0.2, -0.15) is 5.10 Å². The number of nitrogens with zero attached hydrogens (tertiary/aromatic N) is 1. The number of halogens is 3. The van der Waals surface area contributed by atoms with E-state index in [2.05, 4.69) is 10.5 Å². The number of rotatable bonds is 3. The fourth-order valence-corrected chi connectivity index (χ4v) is 2.07. The van der Waals surface area contributed by atoms with Crippen molar-refractivity contribution in [3.8, 4) is 0 Å². The van der Waals surface area contributed by atoms with Crippen molar-refractivity contribution in [1.29, 1.82) is 0 Å². The van der Waals surface area contributed by atoms with Crippen molar-refractivity contribution in [3.63, 3.8) is 0 Å². The van der Waals surface area contributed by atoms with Crippen LogP contribution in [0.1, 0.15) is 15.9 Å². The first-order valence-electron chi connectivity index (χ1n) is 5.60. The van der Waals surface area contributed by atoms with Crippen LogP contribution in [0, 0.1) is 0 Å². The number of benzene rings is 2. The van der Waals surface area contributed by atoms with Gasteiger partial charge >= 0.3 is 0 Å². The third kappa shape index (κ3) is 3.97. The number of carbonyl (C=O) groups is 1. The van der Waals surface area contributed by atoms with E-state index in [-0.39, 0.29) is 5.02 Å². The Bertz CT molecular complexity index is 654. The molecule has 0 fully saturated rings. The fraction of sp³-hybridized carbons (Fsp3) is 0. The predicted molar refractivity (Wildman–Crippen MR) is 83.0 cm³/mol. The average Bonchev–Trinajstić information content (AvgIpc) is 2.41. The Balaban J connectivity index is 2.03. The summed E-state index contributed by atoms with van der Waals surface area (Å²) in [6.07, 6.45) is 1.51. The van der Waals surface area contributed by atoms with Crippen LogP contribution in [0.15, 0.2) is 47.6 Å². The zero-order valence-corrected chi connectivity index (χ0v) is 12.4. The predicted octanol–water partition coefficient (Wildman–Crippen LogP) is 4.41. The van der Waals surface area contributed by atoms with E-state index in [9.17, 15) is 4.79 Å². The molecule has 1 N–H and O–H groups in total. The summed E-state index contributed by atoms with van der Waals surface area (Å²) in [6, 6.07) is 11.7. The number of nitrogens with one attached hydrogen (secondary N) is 1. The summed E-state index contributed by atoms with van der Waals surface area (Å²) >= 11 is 17.5. The summed E-state index contributed by atoms with van der Waals surface area (Å²) in [5.41, 5.74) is 3.52. The van der Waals surface area contributed by atoms with E-state index < -0.39 is 5.91 Å². The molecule has 20 heavy (non-hydrogen) atoms. The zero-order chi connectivity index (χ0) is 14.5. The van der Waals surface area contributed by atoms with Crippen LogP contribution < -0.4 is 5.43 Å². The highest BCUT2D eigenvalue weighted by Crippen LogP contribution is 2.20. The Morgan fingerprint density at radius 3 is 2.30 bits per heavy atom. The Morgan fingerprint density at radius 2 is 1.65 bits per heavy atom. The minimum atomic E-state index is -0.406. The lowest BCUT2D eigenvalue weighted by Gasteiger charge is -2.02. The smallest absolute Gasteiger partial charge is 0.267 e. The number of hydrogen-bond acceptors (Lipinski definition) is 2. The van der Waals surface area contributed by atoms with E-state index in [1.807, 2.05) is 0 Å². The van der Waals surface area contributed by atoms with Gasteiger partial charge < -0.3 is 0 Å². The maximum absolute atomic E-state index is 11.8. The lowest BCUT2D eigenvalue weighted by atomic mass is 10.2. The number of carbonyl (C=O) groups excluding carboxylic acids is 1. The van der Waals surface area contributed by atoms with Crippen LogP contribution >= 0.6 is 34.8 Å². The highest BCUT2D eigenvalue weighted by atomic mass is 35.5. The van der Waals surface area contributed by atoms with Gasteiger partial charge in [-0.1, -0.05) is 46.9 Å². The first kappa shape index (κ1) is 14.9. The van der Waals surface area contributed by atoms with Crippen molar-refractivity contribution < 1.29 is 4.79 Å². The molecule has 3 nitrogen and oxygen atoms in total. The molecule has 1 amide bonds. The molecule has 0 aliphatic heterocycles. The second-order valence-electron chi connectivity index (χ2n) is 3.87. The van der Waals surface area contributed by atoms with Gasteiger partial charge in [-0.15, -0.1) is 0 Å². The molecule has 0 saturated heterocycles. The molecule has 6 heteroatoms. The normalized spacial score (nSPS) is 10.8. The van der Waals surface area contributed by atoms with Gasteiger partial charge in [0.2, 0.25) is 0 Å². The third-order valence-corrected chi connectivity index (χ3v) is 3.23. The molecular weight excluding hydrogens is 319 g/mol. The van der Waals surface area contributed by atoms with E-state index in [0.29, 0.717) is 15.6 Å². The van der Waals surface area contributed by atoms with E-state index in [1.54, 1.807) is 30.3 Å². The van der Waals surface area contributed by atoms with Crippen LogP contribution in [0.4, 0.5) is 0 Å². The van der Waals surface area contributed by atoms with Crippen molar-refractivity contribution in [3.05, 3.63) is 68.7 Å². The maximum Gasteiger partial charge on any atom is 0.272 e. The number of hydrogen-bond donors (Lipinski definition) is 1. The van der Waals surface area contributed by atoms with Crippen LogP contribution in [0.2, 0.25) is 15.1 Å². The summed E-state index contributed by atoms with van der Waals surface area (Å²) < 4.78 is 0. The monoisotopic (exact) mass is 326 g/mol. The van der Waals surface area contributed by atoms with Gasteiger partial charge in [-0.05, 0) is 35.9 Å². The van der Waals surface area contributed by atoms with E-state index in [1.165, 1.54) is 18.3 Å². The first-order chi connectivity index (χ1) is 9.56. The first-order valence-corrected chi connectivity index (χ1v) is 6.73. The molecule has 0 unspecified atom stereocenters. The van der Waals surface area contributed by atoms with Crippen LogP contribution in [0.25, 0.3) is 0 Å². The quantitative estimate of drug-likeness (QED) is 0.658. The van der Waals surface area contributed by atoms with Crippen molar-refractivity contribution >= 4 is 46.9 Å². The van der Waals surface area contributed by atoms with E-state index >= 15 is 0 Å². The van der Waals surface area contributed by atoms with Crippen molar-refractivity contribution in [2.45, 2.75) is 0 Å². The summed E-state index contributed by atoms with van der Waals surface area (Å²) in [5, 5.41) is 5.23. The molecule has 0 spiro atoms. The SMILES string of the molecule is O=C(NN=Cc1ccc(Cl)cc1)c1ccc(Cl)cc1Cl. The van der Waals surface area contributed by atoms with Crippen molar-refractivity contribution in [1.82, 2.24) is 5.43 Å². The van der Waals surface area contributed by atoms with Crippen LogP contribution in [-0.4, -0.2) is 12.1 Å². The molecule has 0 atom stereocenters. The number of amides is 1. The summed E-state index contributed by atoms with van der Waals surface area (Å²) in [5.74, 6) is -0.406. The van der Waals surface area contributed by atoms with E-state index in [4.69, 9.17) is 34.8 Å². The number of hydrazone groups is 1. The standard InChI is InChI=1S/C14H9Cl3N2O/c15-10-3-1-9(2-4-10)8-18-19-14(20)12-6-5-11(16)7-13(12)17/h1-8H,(H,19,20). The molecule has 2 rings (SSSR count). The van der Waals surface area contributed by atoms with E-state index in [0.717, 1.165) is 5.56 Å². The minimum Gasteiger partial charge on any atom is -0.267 e. The average molecular weight is 328 g/mol. The summed E-state index contributed by atoms with van der Waals surface area (Å²) in [6.45, 7) is 0. The van der Waals surface area contributed by atoms with Gasteiger partial charge in [0.15, 0.2) is 0 Å². The summed E-state index contributed by atoms with van der Waals surface area (Å²) in [4.78, 5) is 11.8. The molecule has 0 radical (unpaired) electrons. The molecule has 0 heterocycles. The largest absolute Gasteiger partial charge is 0.272 e. The Hall–Kier alpha value is -1.55. The van der Waals surface area contributed by atoms with Crippen molar-refractivity contribution in [2.24, 2.45) is 5.10 Å². The molecule has 0 bridgehead atoms. The Morgan fingerprint density at radius 1 is 1.00 bits per heavy atom. The maximum atomic E-state index is 11.8. The van der Waals surface area contributed by atoms with Crippen LogP contribution in [-0.2, 0) is 0 Å². The molecule has 2 aromatic rings. The molecule has 0 aliphatic carbocycles. The van der Waals surface area contributed by atoms with Gasteiger partial charge in [0.05, 0.1) is 16.8 Å². The molecule has 0 saturated carbocycles. The van der Waals surface area contributed by atoms with Gasteiger partial charge in [-0.25, -0.2) is 5.43 Å². The van der Waals surface area contributed by atoms with Gasteiger partial charge in [0.1, 0.15) is 0 Å². The topological polar surface area (TPSA) is 41.5 Å². The lowest BCUT2D eigenvalue weighted by Crippen LogP contribution is -2.18. The van der Waals surface area contributed by atoms with Gasteiger partial charge in [0, 0.05) is 10.0 Å². The second-order valence-corrected chi connectivity index (χ2v) is 5.15. The van der Waals surface area contributed by atoms with Crippen molar-refractivity contribution in [2.75, 3.05) is 0 Å². The Kier molecular flexibility index (Phi) is 5.01. The lowest BCUT2D eigenvalue weighted by molar-refractivity contribution is 0.0955. The second kappa shape index (κ2) is 6.75. The molecule has 0 aliphatic rings. The van der Waals surface area contributed by atoms with Crippen LogP contribution in [0.3, 0.4) is 0 Å². The fourth-order valence-electron chi connectivity index (χ4n) is 1.45. The highest BCUT2D eigenvalue weighted by Gasteiger charge is 2.09. The van der Waals surface area contributed by atoms with Crippen LogP contribution in [0.5, 0.6) is 0 Å². The third-order valence-electron chi connectivity index (χ3n) is 2.43. The molecule has 2 aromatic carbocycles. The summed E-state index contributed by atoms with van der Waals surface area (Å²) in [7, 11) is 0. The highest BCUT2D eigenvalue weighted by molar-refractivity contribution is 6.36. The molecule has 102 valence electrons. The minimum absolute atomic E-state index is 0.275. The van der Waals surface area contributed by atoms with Gasteiger partial charge in [0.25, 0.3) is 5.91 Å². The van der Waals surface area contributed by atoms with Gasteiger partial charge in [-0.3, -0.25) is 4.79 Å².